The third-order valence-electron chi connectivity index (χ3n) is 1.69. The Balaban J connectivity index is 0.000000921. The summed E-state index contributed by atoms with van der Waals surface area (Å²) in [6, 6.07) is -0.124. The van der Waals surface area contributed by atoms with Crippen molar-refractivity contribution >= 4 is 6.03 Å². The number of aromatic nitrogens is 1. The van der Waals surface area contributed by atoms with Gasteiger partial charge >= 0.3 is 6.03 Å². The standard InChI is InChI=1S/C8H13N3O2.C2H6/c1-3-11(8(12)9-2)6-7-10-4-5-13-7;1-2/h4-5H,3,6H2,1-2H3,(H,9,12);1-2H3. The Hall–Kier alpha value is -1.52. The average Bonchev–Trinajstić information content (AvgIpc) is 2.80. The summed E-state index contributed by atoms with van der Waals surface area (Å²) in [6.45, 7) is 6.93. The minimum atomic E-state index is -0.124. The fourth-order valence-corrected chi connectivity index (χ4v) is 0.980. The van der Waals surface area contributed by atoms with Gasteiger partial charge in [-0.1, -0.05) is 13.8 Å². The monoisotopic (exact) mass is 213 g/mol. The molecular weight excluding hydrogens is 194 g/mol. The van der Waals surface area contributed by atoms with Crippen LogP contribution in [0.3, 0.4) is 0 Å². The Morgan fingerprint density at radius 1 is 1.60 bits per heavy atom. The molecule has 0 spiro atoms. The zero-order chi connectivity index (χ0) is 11.7. The average molecular weight is 213 g/mol. The molecule has 5 heteroatoms. The fourth-order valence-electron chi connectivity index (χ4n) is 0.980. The lowest BCUT2D eigenvalue weighted by Crippen LogP contribution is -2.37. The molecule has 15 heavy (non-hydrogen) atoms. The van der Waals surface area contributed by atoms with Crippen LogP contribution >= 0.6 is 0 Å². The Morgan fingerprint density at radius 2 is 2.27 bits per heavy atom. The van der Waals surface area contributed by atoms with Gasteiger partial charge in [-0.15, -0.1) is 0 Å². The first-order valence-electron chi connectivity index (χ1n) is 5.13. The number of amides is 2. The van der Waals surface area contributed by atoms with Crippen LogP contribution in [0.1, 0.15) is 26.7 Å². The maximum Gasteiger partial charge on any atom is 0.317 e. The highest BCUT2D eigenvalue weighted by Crippen LogP contribution is 2.01. The van der Waals surface area contributed by atoms with E-state index in [1.807, 2.05) is 20.8 Å². The highest BCUT2D eigenvalue weighted by atomic mass is 16.3. The summed E-state index contributed by atoms with van der Waals surface area (Å²) in [5.41, 5.74) is 0. The molecule has 0 unspecified atom stereocenters. The van der Waals surface area contributed by atoms with Gasteiger partial charge in [0.05, 0.1) is 12.7 Å². The Morgan fingerprint density at radius 3 is 2.67 bits per heavy atom. The predicted octanol–water partition coefficient (Wildman–Crippen LogP) is 1.86. The molecule has 0 atom stereocenters. The number of urea groups is 1. The highest BCUT2D eigenvalue weighted by Gasteiger charge is 2.11. The van der Waals surface area contributed by atoms with Gasteiger partial charge < -0.3 is 14.6 Å². The van der Waals surface area contributed by atoms with E-state index in [0.717, 1.165) is 0 Å². The predicted molar refractivity (Wildman–Crippen MR) is 58.4 cm³/mol. The van der Waals surface area contributed by atoms with E-state index < -0.39 is 0 Å². The van der Waals surface area contributed by atoms with Gasteiger partial charge in [-0.05, 0) is 6.92 Å². The van der Waals surface area contributed by atoms with Crippen LogP contribution in [0.5, 0.6) is 0 Å². The molecule has 1 heterocycles. The summed E-state index contributed by atoms with van der Waals surface area (Å²) in [6.07, 6.45) is 3.06. The maximum atomic E-state index is 11.2. The van der Waals surface area contributed by atoms with Crippen LogP contribution < -0.4 is 5.32 Å². The highest BCUT2D eigenvalue weighted by molar-refractivity contribution is 5.73. The van der Waals surface area contributed by atoms with Gasteiger partial charge in [0, 0.05) is 13.6 Å². The van der Waals surface area contributed by atoms with Crippen LogP contribution in [0.4, 0.5) is 4.79 Å². The van der Waals surface area contributed by atoms with Crippen molar-refractivity contribution in [3.63, 3.8) is 0 Å². The summed E-state index contributed by atoms with van der Waals surface area (Å²) in [5.74, 6) is 0.547. The number of rotatable bonds is 3. The number of carbonyl (C=O) groups is 1. The first-order chi connectivity index (χ1) is 7.27. The molecule has 1 N–H and O–H groups in total. The van der Waals surface area contributed by atoms with E-state index in [1.165, 1.54) is 6.26 Å². The van der Waals surface area contributed by atoms with Crippen LogP contribution in [-0.4, -0.2) is 29.5 Å². The molecule has 0 aliphatic rings. The number of hydrogen-bond donors (Lipinski definition) is 1. The third kappa shape index (κ3) is 4.49. The van der Waals surface area contributed by atoms with Crippen LogP contribution in [0.25, 0.3) is 0 Å². The lowest BCUT2D eigenvalue weighted by molar-refractivity contribution is 0.194. The molecule has 1 aromatic heterocycles. The minimum Gasteiger partial charge on any atom is -0.447 e. The number of hydrogen-bond acceptors (Lipinski definition) is 3. The maximum absolute atomic E-state index is 11.2. The van der Waals surface area contributed by atoms with Gasteiger partial charge in [0.2, 0.25) is 5.89 Å². The van der Waals surface area contributed by atoms with Crippen molar-refractivity contribution in [2.45, 2.75) is 27.3 Å². The van der Waals surface area contributed by atoms with Gasteiger partial charge in [-0.25, -0.2) is 9.78 Å². The van der Waals surface area contributed by atoms with Crippen molar-refractivity contribution in [3.8, 4) is 0 Å². The van der Waals surface area contributed by atoms with Gasteiger partial charge in [0.25, 0.3) is 0 Å². The van der Waals surface area contributed by atoms with Gasteiger partial charge in [0.1, 0.15) is 6.26 Å². The molecule has 0 fully saturated rings. The summed E-state index contributed by atoms with van der Waals surface area (Å²) in [7, 11) is 1.60. The third-order valence-corrected chi connectivity index (χ3v) is 1.69. The Kier molecular flexibility index (Phi) is 7.05. The second kappa shape index (κ2) is 7.84. The largest absolute Gasteiger partial charge is 0.447 e. The van der Waals surface area contributed by atoms with Crippen molar-refractivity contribution in [1.29, 1.82) is 0 Å². The van der Waals surface area contributed by atoms with Crippen molar-refractivity contribution in [3.05, 3.63) is 18.4 Å². The van der Waals surface area contributed by atoms with Gasteiger partial charge in [0.15, 0.2) is 0 Å². The first kappa shape index (κ1) is 13.5. The molecule has 1 rings (SSSR count). The molecule has 0 aliphatic carbocycles. The zero-order valence-electron chi connectivity index (χ0n) is 9.78. The normalized spacial score (nSPS) is 8.80. The van der Waals surface area contributed by atoms with Crippen LogP contribution in [0, 0.1) is 0 Å². The van der Waals surface area contributed by atoms with E-state index in [0.29, 0.717) is 19.0 Å². The zero-order valence-corrected chi connectivity index (χ0v) is 9.78. The minimum absolute atomic E-state index is 0.124. The number of carbonyl (C=O) groups excluding carboxylic acids is 1. The molecule has 0 radical (unpaired) electrons. The van der Waals surface area contributed by atoms with Crippen molar-refractivity contribution < 1.29 is 9.21 Å². The van der Waals surface area contributed by atoms with E-state index in [2.05, 4.69) is 10.3 Å². The number of nitrogens with zero attached hydrogens (tertiary/aromatic N) is 2. The lowest BCUT2D eigenvalue weighted by Gasteiger charge is -2.17. The smallest absolute Gasteiger partial charge is 0.317 e. The van der Waals surface area contributed by atoms with E-state index in [1.54, 1.807) is 18.1 Å². The van der Waals surface area contributed by atoms with E-state index in [4.69, 9.17) is 4.42 Å². The van der Waals surface area contributed by atoms with Gasteiger partial charge in [-0.2, -0.15) is 0 Å². The summed E-state index contributed by atoms with van der Waals surface area (Å²) in [4.78, 5) is 16.7. The molecule has 0 aliphatic heterocycles. The molecular formula is C10H19N3O2. The Labute approximate surface area is 90.5 Å². The summed E-state index contributed by atoms with van der Waals surface area (Å²) >= 11 is 0. The van der Waals surface area contributed by atoms with Crippen molar-refractivity contribution in [2.24, 2.45) is 0 Å². The SMILES string of the molecule is CC.CCN(Cc1ncco1)C(=O)NC. The Bertz CT molecular complexity index is 260. The molecule has 5 nitrogen and oxygen atoms in total. The van der Waals surface area contributed by atoms with Crippen LogP contribution in [0.15, 0.2) is 16.9 Å². The van der Waals surface area contributed by atoms with E-state index >= 15 is 0 Å². The lowest BCUT2D eigenvalue weighted by atomic mass is 10.5. The van der Waals surface area contributed by atoms with Crippen LogP contribution in [-0.2, 0) is 6.54 Å². The summed E-state index contributed by atoms with van der Waals surface area (Å²) < 4.78 is 5.03. The van der Waals surface area contributed by atoms with Crippen molar-refractivity contribution in [2.75, 3.05) is 13.6 Å². The molecule has 0 saturated carbocycles. The van der Waals surface area contributed by atoms with Gasteiger partial charge in [-0.3, -0.25) is 0 Å². The molecule has 0 saturated heterocycles. The molecule has 0 bridgehead atoms. The quantitative estimate of drug-likeness (QED) is 0.833. The number of nitrogens with one attached hydrogen (secondary N) is 1. The topological polar surface area (TPSA) is 58.4 Å². The number of oxazole rings is 1. The molecule has 2 amide bonds. The fraction of sp³-hybridized carbons (Fsp3) is 0.600. The molecule has 0 aromatic carbocycles. The first-order valence-corrected chi connectivity index (χ1v) is 5.13. The van der Waals surface area contributed by atoms with Crippen LogP contribution in [0.2, 0.25) is 0 Å². The molecule has 86 valence electrons. The van der Waals surface area contributed by atoms with E-state index in [9.17, 15) is 4.79 Å². The van der Waals surface area contributed by atoms with E-state index in [-0.39, 0.29) is 6.03 Å². The molecule has 1 aromatic rings. The van der Waals surface area contributed by atoms with Crippen molar-refractivity contribution in [1.82, 2.24) is 15.2 Å². The summed E-state index contributed by atoms with van der Waals surface area (Å²) in [5, 5.41) is 2.55. The second-order valence-electron chi connectivity index (χ2n) is 2.50. The second-order valence-corrected chi connectivity index (χ2v) is 2.50.